The molecule has 2 aromatic carbocycles. The van der Waals surface area contributed by atoms with Gasteiger partial charge < -0.3 is 10.1 Å². The van der Waals surface area contributed by atoms with Crippen LogP contribution in [0.4, 0.5) is 10.2 Å². The molecule has 1 aromatic heterocycles. The van der Waals surface area contributed by atoms with Crippen LogP contribution in [-0.2, 0) is 17.9 Å². The van der Waals surface area contributed by atoms with E-state index in [-0.39, 0.29) is 5.82 Å². The van der Waals surface area contributed by atoms with E-state index in [1.807, 2.05) is 18.2 Å². The molecule has 4 nitrogen and oxygen atoms in total. The Bertz CT molecular complexity index is 792. The van der Waals surface area contributed by atoms with Crippen LogP contribution in [-0.4, -0.2) is 17.1 Å². The van der Waals surface area contributed by atoms with Crippen molar-refractivity contribution in [2.45, 2.75) is 13.2 Å². The Balaban J connectivity index is 1.82. The van der Waals surface area contributed by atoms with Crippen LogP contribution < -0.4 is 5.32 Å². The molecule has 0 aliphatic carbocycles. The molecular formula is C17H16FN3O. The van der Waals surface area contributed by atoms with E-state index in [2.05, 4.69) is 21.4 Å². The highest BCUT2D eigenvalue weighted by molar-refractivity contribution is 5.88. The Morgan fingerprint density at radius 1 is 1.09 bits per heavy atom. The van der Waals surface area contributed by atoms with Crippen molar-refractivity contribution in [2.24, 2.45) is 0 Å². The molecule has 3 aromatic rings. The van der Waals surface area contributed by atoms with Gasteiger partial charge in [0.05, 0.1) is 12.1 Å². The molecule has 0 radical (unpaired) electrons. The monoisotopic (exact) mass is 297 g/mol. The first kappa shape index (κ1) is 14.4. The Morgan fingerprint density at radius 2 is 1.95 bits per heavy atom. The third-order valence-corrected chi connectivity index (χ3v) is 3.36. The summed E-state index contributed by atoms with van der Waals surface area (Å²) < 4.78 is 18.6. The summed E-state index contributed by atoms with van der Waals surface area (Å²) in [5, 5.41) is 3.92. The number of nitrogens with one attached hydrogen (secondary N) is 1. The summed E-state index contributed by atoms with van der Waals surface area (Å²) in [6, 6.07) is 12.6. The highest BCUT2D eigenvalue weighted by Gasteiger charge is 2.05. The molecule has 0 saturated heterocycles. The molecule has 112 valence electrons. The number of halogens is 1. The van der Waals surface area contributed by atoms with Gasteiger partial charge in [0.2, 0.25) is 0 Å². The van der Waals surface area contributed by atoms with E-state index in [4.69, 9.17) is 4.74 Å². The van der Waals surface area contributed by atoms with Gasteiger partial charge in [-0.3, -0.25) is 0 Å². The lowest BCUT2D eigenvalue weighted by Gasteiger charge is -2.09. The van der Waals surface area contributed by atoms with E-state index in [9.17, 15) is 4.39 Å². The van der Waals surface area contributed by atoms with Crippen molar-refractivity contribution in [3.05, 3.63) is 65.7 Å². The van der Waals surface area contributed by atoms with Gasteiger partial charge in [-0.25, -0.2) is 14.4 Å². The van der Waals surface area contributed by atoms with Crippen molar-refractivity contribution in [3.8, 4) is 0 Å². The number of nitrogens with zero attached hydrogens (tertiary/aromatic N) is 2. The summed E-state index contributed by atoms with van der Waals surface area (Å²) in [5.74, 6) is 0.328. The van der Waals surface area contributed by atoms with E-state index in [1.54, 1.807) is 13.2 Å². The van der Waals surface area contributed by atoms with Crippen molar-refractivity contribution in [1.82, 2.24) is 9.97 Å². The van der Waals surface area contributed by atoms with Crippen molar-refractivity contribution in [1.29, 1.82) is 0 Å². The van der Waals surface area contributed by atoms with Crippen LogP contribution in [0.5, 0.6) is 0 Å². The van der Waals surface area contributed by atoms with E-state index in [0.717, 1.165) is 11.1 Å². The second-order valence-electron chi connectivity index (χ2n) is 4.99. The third-order valence-electron chi connectivity index (χ3n) is 3.36. The zero-order valence-corrected chi connectivity index (χ0v) is 12.2. The molecule has 0 bridgehead atoms. The first-order valence-corrected chi connectivity index (χ1v) is 6.97. The molecule has 0 saturated carbocycles. The smallest absolute Gasteiger partial charge is 0.137 e. The van der Waals surface area contributed by atoms with Crippen LogP contribution in [0, 0.1) is 5.82 Å². The van der Waals surface area contributed by atoms with E-state index in [0.29, 0.717) is 29.9 Å². The summed E-state index contributed by atoms with van der Waals surface area (Å²) in [5.41, 5.74) is 2.94. The van der Waals surface area contributed by atoms with Crippen molar-refractivity contribution in [2.75, 3.05) is 12.4 Å². The van der Waals surface area contributed by atoms with Crippen molar-refractivity contribution >= 4 is 16.7 Å². The molecule has 0 unspecified atom stereocenters. The van der Waals surface area contributed by atoms with Gasteiger partial charge in [0, 0.05) is 19.0 Å². The van der Waals surface area contributed by atoms with E-state index >= 15 is 0 Å². The van der Waals surface area contributed by atoms with Crippen LogP contribution in [0.1, 0.15) is 11.1 Å². The topological polar surface area (TPSA) is 47.0 Å². The SMILES string of the molecule is COCc1cccc(CNc2ncnc3ccc(F)cc23)c1. The fourth-order valence-electron chi connectivity index (χ4n) is 2.35. The normalized spacial score (nSPS) is 10.8. The maximum absolute atomic E-state index is 13.4. The van der Waals surface area contributed by atoms with Gasteiger partial charge >= 0.3 is 0 Å². The molecule has 0 atom stereocenters. The van der Waals surface area contributed by atoms with Crippen LogP contribution in [0.25, 0.3) is 10.9 Å². The van der Waals surface area contributed by atoms with Crippen molar-refractivity contribution < 1.29 is 9.13 Å². The standard InChI is InChI=1S/C17H16FN3O/c1-22-10-13-4-2-3-12(7-13)9-19-17-15-8-14(18)5-6-16(15)20-11-21-17/h2-8,11H,9-10H2,1H3,(H,19,20,21). The highest BCUT2D eigenvalue weighted by atomic mass is 19.1. The van der Waals surface area contributed by atoms with Gasteiger partial charge in [-0.1, -0.05) is 24.3 Å². The maximum atomic E-state index is 13.4. The lowest BCUT2D eigenvalue weighted by molar-refractivity contribution is 0.185. The number of aromatic nitrogens is 2. The zero-order chi connectivity index (χ0) is 15.4. The molecule has 0 aliphatic rings. The largest absolute Gasteiger partial charge is 0.380 e. The van der Waals surface area contributed by atoms with Gasteiger partial charge in [-0.05, 0) is 29.3 Å². The summed E-state index contributed by atoms with van der Waals surface area (Å²) >= 11 is 0. The maximum Gasteiger partial charge on any atom is 0.137 e. The minimum Gasteiger partial charge on any atom is -0.380 e. The molecular weight excluding hydrogens is 281 g/mol. The Kier molecular flexibility index (Phi) is 4.25. The Labute approximate surface area is 128 Å². The van der Waals surface area contributed by atoms with E-state index < -0.39 is 0 Å². The number of ether oxygens (including phenoxy) is 1. The third kappa shape index (κ3) is 3.20. The van der Waals surface area contributed by atoms with Crippen molar-refractivity contribution in [3.63, 3.8) is 0 Å². The second kappa shape index (κ2) is 6.49. The molecule has 1 heterocycles. The minimum absolute atomic E-state index is 0.299. The van der Waals surface area contributed by atoms with E-state index in [1.165, 1.54) is 18.5 Å². The van der Waals surface area contributed by atoms with Gasteiger partial charge in [-0.15, -0.1) is 0 Å². The lowest BCUT2D eigenvalue weighted by atomic mass is 10.1. The lowest BCUT2D eigenvalue weighted by Crippen LogP contribution is -2.03. The molecule has 3 rings (SSSR count). The first-order chi connectivity index (χ1) is 10.8. The quantitative estimate of drug-likeness (QED) is 0.782. The predicted octanol–water partition coefficient (Wildman–Crippen LogP) is 3.53. The van der Waals surface area contributed by atoms with Crippen LogP contribution >= 0.6 is 0 Å². The number of hydrogen-bond acceptors (Lipinski definition) is 4. The van der Waals surface area contributed by atoms with Gasteiger partial charge in [0.15, 0.2) is 0 Å². The molecule has 0 spiro atoms. The second-order valence-corrected chi connectivity index (χ2v) is 4.99. The fraction of sp³-hybridized carbons (Fsp3) is 0.176. The molecule has 0 amide bonds. The number of fused-ring (bicyclic) bond motifs is 1. The van der Waals surface area contributed by atoms with Crippen LogP contribution in [0.2, 0.25) is 0 Å². The molecule has 0 aliphatic heterocycles. The molecule has 0 fully saturated rings. The first-order valence-electron chi connectivity index (χ1n) is 6.97. The summed E-state index contributed by atoms with van der Waals surface area (Å²) in [6.07, 6.45) is 1.48. The number of benzene rings is 2. The molecule has 1 N–H and O–H groups in total. The predicted molar refractivity (Wildman–Crippen MR) is 84.0 cm³/mol. The molecule has 5 heteroatoms. The average Bonchev–Trinajstić information content (AvgIpc) is 2.53. The Hall–Kier alpha value is -2.53. The van der Waals surface area contributed by atoms with Gasteiger partial charge in [0.25, 0.3) is 0 Å². The Morgan fingerprint density at radius 3 is 2.82 bits per heavy atom. The van der Waals surface area contributed by atoms with Crippen LogP contribution in [0.15, 0.2) is 48.8 Å². The molecule has 22 heavy (non-hydrogen) atoms. The van der Waals surface area contributed by atoms with Crippen LogP contribution in [0.3, 0.4) is 0 Å². The minimum atomic E-state index is -0.299. The average molecular weight is 297 g/mol. The zero-order valence-electron chi connectivity index (χ0n) is 12.2. The summed E-state index contributed by atoms with van der Waals surface area (Å²) in [4.78, 5) is 8.35. The number of rotatable bonds is 5. The number of hydrogen-bond donors (Lipinski definition) is 1. The highest BCUT2D eigenvalue weighted by Crippen LogP contribution is 2.20. The summed E-state index contributed by atoms with van der Waals surface area (Å²) in [7, 11) is 1.67. The fourth-order valence-corrected chi connectivity index (χ4v) is 2.35. The number of methoxy groups -OCH3 is 1. The summed E-state index contributed by atoms with van der Waals surface area (Å²) in [6.45, 7) is 1.18. The van der Waals surface area contributed by atoms with Gasteiger partial charge in [0.1, 0.15) is 18.0 Å². The van der Waals surface area contributed by atoms with Gasteiger partial charge in [-0.2, -0.15) is 0 Å². The number of anilines is 1.